The number of benzene rings is 1. The Hall–Kier alpha value is -2.83. The Morgan fingerprint density at radius 1 is 1.24 bits per heavy atom. The number of rotatable bonds is 5. The summed E-state index contributed by atoms with van der Waals surface area (Å²) in [6, 6.07) is 6.54. The lowest BCUT2D eigenvalue weighted by molar-refractivity contribution is -0.148. The highest BCUT2D eigenvalue weighted by Crippen LogP contribution is 2.29. The maximum atomic E-state index is 12.4. The van der Waals surface area contributed by atoms with Crippen molar-refractivity contribution in [1.82, 2.24) is 4.90 Å². The van der Waals surface area contributed by atoms with Crippen LogP contribution in [0.15, 0.2) is 30.3 Å². The van der Waals surface area contributed by atoms with Gasteiger partial charge in [0.1, 0.15) is 11.8 Å². The van der Waals surface area contributed by atoms with Gasteiger partial charge in [-0.3, -0.25) is 4.79 Å². The molecule has 0 unspecified atom stereocenters. The standard InChI is InChI=1S/C18H21NO6/c1-23-14-9-5-7-12(10-14)6-4-8-13-11-15(17(21)24-2)19(16(13)20)18(22)25-3/h4-7,9-10,13,15H,8,11H2,1-3H3/b6-4+/t13-,15+/m1/s1. The molecular formula is C18H21NO6. The molecular weight excluding hydrogens is 326 g/mol. The fraction of sp³-hybridized carbons (Fsp3) is 0.389. The molecule has 0 radical (unpaired) electrons. The lowest BCUT2D eigenvalue weighted by Crippen LogP contribution is -2.43. The lowest BCUT2D eigenvalue weighted by atomic mass is 10.0. The quantitative estimate of drug-likeness (QED) is 0.760. The van der Waals surface area contributed by atoms with Crippen molar-refractivity contribution in [1.29, 1.82) is 0 Å². The fourth-order valence-electron chi connectivity index (χ4n) is 2.79. The van der Waals surface area contributed by atoms with Gasteiger partial charge < -0.3 is 14.2 Å². The van der Waals surface area contributed by atoms with Gasteiger partial charge in [-0.25, -0.2) is 14.5 Å². The van der Waals surface area contributed by atoms with Crippen LogP contribution in [0.1, 0.15) is 18.4 Å². The van der Waals surface area contributed by atoms with Gasteiger partial charge in [-0.05, 0) is 30.5 Å². The minimum atomic E-state index is -0.944. The second-order valence-corrected chi connectivity index (χ2v) is 5.56. The predicted octanol–water partition coefficient (Wildman–Crippen LogP) is 2.25. The molecule has 1 heterocycles. The smallest absolute Gasteiger partial charge is 0.417 e. The van der Waals surface area contributed by atoms with Crippen molar-refractivity contribution in [2.75, 3.05) is 21.3 Å². The summed E-state index contributed by atoms with van der Waals surface area (Å²) in [6.45, 7) is 0. The molecule has 1 aromatic rings. The van der Waals surface area contributed by atoms with Crippen LogP contribution in [0.5, 0.6) is 5.75 Å². The van der Waals surface area contributed by atoms with Crippen molar-refractivity contribution in [3.63, 3.8) is 0 Å². The van der Waals surface area contributed by atoms with E-state index >= 15 is 0 Å². The Balaban J connectivity index is 2.08. The molecule has 7 heteroatoms. The third-order valence-corrected chi connectivity index (χ3v) is 4.08. The number of allylic oxidation sites excluding steroid dienone is 1. The molecule has 2 atom stereocenters. The van der Waals surface area contributed by atoms with Gasteiger partial charge in [0.2, 0.25) is 5.91 Å². The number of nitrogens with zero attached hydrogens (tertiary/aromatic N) is 1. The molecule has 2 rings (SSSR count). The van der Waals surface area contributed by atoms with Gasteiger partial charge in [0.05, 0.1) is 21.3 Å². The molecule has 1 saturated heterocycles. The molecule has 0 aromatic heterocycles. The van der Waals surface area contributed by atoms with Crippen molar-refractivity contribution < 1.29 is 28.6 Å². The summed E-state index contributed by atoms with van der Waals surface area (Å²) in [6.07, 6.45) is 3.47. The molecule has 1 aromatic carbocycles. The maximum Gasteiger partial charge on any atom is 0.417 e. The van der Waals surface area contributed by atoms with Crippen molar-refractivity contribution in [3.05, 3.63) is 35.9 Å². The highest BCUT2D eigenvalue weighted by Gasteiger charge is 2.47. The number of imide groups is 1. The Morgan fingerprint density at radius 2 is 2.00 bits per heavy atom. The summed E-state index contributed by atoms with van der Waals surface area (Å²) >= 11 is 0. The number of esters is 1. The molecule has 1 fully saturated rings. The monoisotopic (exact) mass is 347 g/mol. The van der Waals surface area contributed by atoms with Gasteiger partial charge in [0.25, 0.3) is 0 Å². The Morgan fingerprint density at radius 3 is 2.64 bits per heavy atom. The zero-order valence-electron chi connectivity index (χ0n) is 14.4. The number of amides is 2. The minimum Gasteiger partial charge on any atom is -0.497 e. The van der Waals surface area contributed by atoms with Crippen molar-refractivity contribution >= 4 is 24.0 Å². The van der Waals surface area contributed by atoms with E-state index in [4.69, 9.17) is 4.74 Å². The summed E-state index contributed by atoms with van der Waals surface area (Å²) in [4.78, 5) is 36.9. The number of ether oxygens (including phenoxy) is 3. The SMILES string of the molecule is COC(=O)[C@@H]1C[C@@H](C/C=C/c2cccc(OC)c2)C(=O)N1C(=O)OC. The normalized spacial score (nSPS) is 20.0. The first kappa shape index (κ1) is 18.5. The average Bonchev–Trinajstić information content (AvgIpc) is 2.97. The summed E-state index contributed by atoms with van der Waals surface area (Å²) < 4.78 is 14.4. The Labute approximate surface area is 146 Å². The summed E-state index contributed by atoms with van der Waals surface area (Å²) in [5.74, 6) is -0.803. The first-order chi connectivity index (χ1) is 12.0. The lowest BCUT2D eigenvalue weighted by Gasteiger charge is -2.18. The zero-order chi connectivity index (χ0) is 18.4. The van der Waals surface area contributed by atoms with Gasteiger partial charge in [0, 0.05) is 5.92 Å². The van der Waals surface area contributed by atoms with Crippen LogP contribution in [0.4, 0.5) is 4.79 Å². The van der Waals surface area contributed by atoms with Crippen molar-refractivity contribution in [2.24, 2.45) is 5.92 Å². The van der Waals surface area contributed by atoms with Crippen LogP contribution in [0.25, 0.3) is 6.08 Å². The fourth-order valence-corrected chi connectivity index (χ4v) is 2.79. The number of carbonyl (C=O) groups excluding carboxylic acids is 3. The van der Waals surface area contributed by atoms with Gasteiger partial charge in [-0.1, -0.05) is 24.3 Å². The Bertz CT molecular complexity index is 684. The summed E-state index contributed by atoms with van der Waals surface area (Å²) in [7, 11) is 3.98. The predicted molar refractivity (Wildman–Crippen MR) is 89.8 cm³/mol. The molecule has 1 aliphatic rings. The highest BCUT2D eigenvalue weighted by molar-refractivity contribution is 6.00. The highest BCUT2D eigenvalue weighted by atomic mass is 16.5. The van der Waals surface area contributed by atoms with E-state index in [0.717, 1.165) is 16.2 Å². The number of hydrogen-bond donors (Lipinski definition) is 0. The molecule has 0 aliphatic carbocycles. The number of carbonyl (C=O) groups is 3. The first-order valence-corrected chi connectivity index (χ1v) is 7.81. The van der Waals surface area contributed by atoms with Crippen molar-refractivity contribution in [3.8, 4) is 5.75 Å². The first-order valence-electron chi connectivity index (χ1n) is 7.81. The summed E-state index contributed by atoms with van der Waals surface area (Å²) in [5, 5.41) is 0. The largest absolute Gasteiger partial charge is 0.497 e. The topological polar surface area (TPSA) is 82.1 Å². The van der Waals surface area contributed by atoms with Gasteiger partial charge in [0.15, 0.2) is 0 Å². The van der Waals surface area contributed by atoms with E-state index in [0.29, 0.717) is 6.42 Å². The summed E-state index contributed by atoms with van der Waals surface area (Å²) in [5.41, 5.74) is 0.930. The van der Waals surface area contributed by atoms with Crippen LogP contribution in [0, 0.1) is 5.92 Å². The number of hydrogen-bond acceptors (Lipinski definition) is 6. The molecule has 1 aliphatic heterocycles. The molecule has 0 saturated carbocycles. The second kappa shape index (κ2) is 8.32. The van der Waals surface area contributed by atoms with E-state index in [9.17, 15) is 14.4 Å². The zero-order valence-corrected chi connectivity index (χ0v) is 14.4. The van der Waals surface area contributed by atoms with E-state index in [1.807, 2.05) is 36.4 Å². The Kier molecular flexibility index (Phi) is 6.16. The van der Waals surface area contributed by atoms with Gasteiger partial charge >= 0.3 is 12.1 Å². The maximum absolute atomic E-state index is 12.4. The molecule has 134 valence electrons. The van der Waals surface area contributed by atoms with Crippen LogP contribution in [-0.2, 0) is 19.1 Å². The van der Waals surface area contributed by atoms with E-state index in [1.54, 1.807) is 7.11 Å². The molecule has 25 heavy (non-hydrogen) atoms. The van der Waals surface area contributed by atoms with Crippen LogP contribution in [-0.4, -0.2) is 50.2 Å². The van der Waals surface area contributed by atoms with Crippen LogP contribution < -0.4 is 4.74 Å². The minimum absolute atomic E-state index is 0.211. The third kappa shape index (κ3) is 4.17. The van der Waals surface area contributed by atoms with Gasteiger partial charge in [-0.2, -0.15) is 0 Å². The average molecular weight is 347 g/mol. The van der Waals surface area contributed by atoms with Crippen LogP contribution in [0.3, 0.4) is 0 Å². The molecule has 0 N–H and O–H groups in total. The van der Waals surface area contributed by atoms with E-state index in [-0.39, 0.29) is 6.42 Å². The molecule has 0 spiro atoms. The van der Waals surface area contributed by atoms with Crippen LogP contribution >= 0.6 is 0 Å². The van der Waals surface area contributed by atoms with E-state index < -0.39 is 29.9 Å². The van der Waals surface area contributed by atoms with Crippen LogP contribution in [0.2, 0.25) is 0 Å². The number of methoxy groups -OCH3 is 3. The van der Waals surface area contributed by atoms with E-state index in [2.05, 4.69) is 9.47 Å². The molecule has 2 amide bonds. The van der Waals surface area contributed by atoms with Crippen molar-refractivity contribution in [2.45, 2.75) is 18.9 Å². The number of likely N-dealkylation sites (tertiary alicyclic amines) is 1. The van der Waals surface area contributed by atoms with E-state index in [1.165, 1.54) is 14.2 Å². The molecule has 7 nitrogen and oxygen atoms in total. The third-order valence-electron chi connectivity index (χ3n) is 4.08. The van der Waals surface area contributed by atoms with Gasteiger partial charge in [-0.15, -0.1) is 0 Å². The molecule has 0 bridgehead atoms. The second-order valence-electron chi connectivity index (χ2n) is 5.56.